The van der Waals surface area contributed by atoms with E-state index in [0.717, 1.165) is 0 Å². The molecule has 0 radical (unpaired) electrons. The average Bonchev–Trinajstić information content (AvgIpc) is 3.25. The number of carbonyl (C=O) groups is 3. The maximum atomic E-state index is 13.5. The lowest BCUT2D eigenvalue weighted by atomic mass is 9.90. The third-order valence-electron chi connectivity index (χ3n) is 5.07. The van der Waals surface area contributed by atoms with Crippen LogP contribution in [-0.4, -0.2) is 29.9 Å². The second kappa shape index (κ2) is 9.37. The SMILES string of the molecule is COc1ccccc1N(C(C)=O)c1nc(COC(=O)[C@@H]2CC(=O)Nc3cc(F)ccc32)cs1. The van der Waals surface area contributed by atoms with Crippen LogP contribution in [0.4, 0.5) is 20.9 Å². The first-order valence-electron chi connectivity index (χ1n) is 10.0. The van der Waals surface area contributed by atoms with Crippen LogP contribution in [0.2, 0.25) is 0 Å². The van der Waals surface area contributed by atoms with Gasteiger partial charge < -0.3 is 14.8 Å². The summed E-state index contributed by atoms with van der Waals surface area (Å²) in [6, 6.07) is 10.9. The molecule has 10 heteroatoms. The highest BCUT2D eigenvalue weighted by Gasteiger charge is 2.32. The van der Waals surface area contributed by atoms with Crippen LogP contribution in [-0.2, 0) is 25.7 Å². The van der Waals surface area contributed by atoms with Crippen LogP contribution in [0.25, 0.3) is 0 Å². The van der Waals surface area contributed by atoms with E-state index in [2.05, 4.69) is 10.3 Å². The molecule has 0 spiro atoms. The number of amides is 2. The van der Waals surface area contributed by atoms with Crippen LogP contribution >= 0.6 is 11.3 Å². The Kier molecular flexibility index (Phi) is 6.36. The molecule has 0 unspecified atom stereocenters. The number of methoxy groups -OCH3 is 1. The lowest BCUT2D eigenvalue weighted by molar-refractivity contribution is -0.148. The first-order valence-corrected chi connectivity index (χ1v) is 10.9. The van der Waals surface area contributed by atoms with Crippen molar-refractivity contribution in [2.24, 2.45) is 0 Å². The second-order valence-electron chi connectivity index (χ2n) is 7.29. The van der Waals surface area contributed by atoms with E-state index < -0.39 is 17.7 Å². The summed E-state index contributed by atoms with van der Waals surface area (Å²) < 4.78 is 24.3. The number of benzene rings is 2. The summed E-state index contributed by atoms with van der Waals surface area (Å²) in [4.78, 5) is 42.9. The quantitative estimate of drug-likeness (QED) is 0.545. The molecule has 4 rings (SSSR count). The van der Waals surface area contributed by atoms with E-state index in [4.69, 9.17) is 9.47 Å². The Hall–Kier alpha value is -3.79. The molecule has 170 valence electrons. The number of anilines is 3. The highest BCUT2D eigenvalue weighted by molar-refractivity contribution is 7.14. The Morgan fingerprint density at radius 1 is 1.27 bits per heavy atom. The van der Waals surface area contributed by atoms with Gasteiger partial charge in [-0.3, -0.25) is 19.3 Å². The minimum atomic E-state index is -0.838. The van der Waals surface area contributed by atoms with E-state index >= 15 is 0 Å². The van der Waals surface area contributed by atoms with Gasteiger partial charge in [0, 0.05) is 24.4 Å². The highest BCUT2D eigenvalue weighted by Crippen LogP contribution is 2.36. The van der Waals surface area contributed by atoms with Crippen molar-refractivity contribution in [1.29, 1.82) is 0 Å². The molecular weight excluding hydrogens is 449 g/mol. The van der Waals surface area contributed by atoms with Crippen molar-refractivity contribution in [3.8, 4) is 5.75 Å². The standard InChI is InChI=1S/C23H20FN3O5S/c1-13(28)27(19-5-3-4-6-20(19)31-2)23-25-15(12-33-23)11-32-22(30)17-10-21(29)26-18-9-14(24)7-8-16(17)18/h3-9,12,17H,10-11H2,1-2H3,(H,26,29)/t17-/m1/s1. The number of thiazole rings is 1. The van der Waals surface area contributed by atoms with E-state index in [9.17, 15) is 18.8 Å². The van der Waals surface area contributed by atoms with Gasteiger partial charge in [-0.05, 0) is 29.8 Å². The lowest BCUT2D eigenvalue weighted by Crippen LogP contribution is -2.28. The molecular formula is C23H20FN3O5S. The van der Waals surface area contributed by atoms with Crippen LogP contribution in [0.5, 0.6) is 5.75 Å². The van der Waals surface area contributed by atoms with Gasteiger partial charge in [-0.25, -0.2) is 9.37 Å². The fourth-order valence-corrected chi connectivity index (χ4v) is 4.44. The van der Waals surface area contributed by atoms with Crippen LogP contribution in [0, 0.1) is 5.82 Å². The van der Waals surface area contributed by atoms with Crippen LogP contribution in [0.15, 0.2) is 47.8 Å². The van der Waals surface area contributed by atoms with Gasteiger partial charge in [0.25, 0.3) is 0 Å². The molecule has 0 saturated carbocycles. The monoisotopic (exact) mass is 469 g/mol. The van der Waals surface area contributed by atoms with E-state index in [1.54, 1.807) is 29.6 Å². The minimum Gasteiger partial charge on any atom is -0.495 e. The summed E-state index contributed by atoms with van der Waals surface area (Å²) in [7, 11) is 1.52. The fraction of sp³-hybridized carbons (Fsp3) is 0.217. The number of hydrogen-bond acceptors (Lipinski definition) is 7. The van der Waals surface area contributed by atoms with E-state index in [1.807, 2.05) is 0 Å². The molecule has 8 nitrogen and oxygen atoms in total. The molecule has 0 bridgehead atoms. The van der Waals surface area contributed by atoms with Crippen molar-refractivity contribution in [2.45, 2.75) is 25.9 Å². The number of halogens is 1. The average molecular weight is 469 g/mol. The lowest BCUT2D eigenvalue weighted by Gasteiger charge is -2.24. The van der Waals surface area contributed by atoms with Gasteiger partial charge >= 0.3 is 5.97 Å². The maximum absolute atomic E-state index is 13.5. The first-order chi connectivity index (χ1) is 15.9. The Bertz CT molecular complexity index is 1230. The second-order valence-corrected chi connectivity index (χ2v) is 8.13. The summed E-state index contributed by atoms with van der Waals surface area (Å²) in [5, 5.41) is 4.65. The van der Waals surface area contributed by atoms with Gasteiger partial charge in [0.2, 0.25) is 11.8 Å². The zero-order valence-electron chi connectivity index (χ0n) is 17.8. The molecule has 33 heavy (non-hydrogen) atoms. The Balaban J connectivity index is 1.50. The number of para-hydroxylation sites is 2. The number of nitrogens with zero attached hydrogens (tertiary/aromatic N) is 2. The number of esters is 1. The molecule has 0 saturated heterocycles. The summed E-state index contributed by atoms with van der Waals surface area (Å²) in [6.45, 7) is 1.28. The Morgan fingerprint density at radius 3 is 2.82 bits per heavy atom. The molecule has 3 aromatic rings. The number of hydrogen-bond donors (Lipinski definition) is 1. The largest absolute Gasteiger partial charge is 0.495 e. The topological polar surface area (TPSA) is 97.8 Å². The summed E-state index contributed by atoms with van der Waals surface area (Å²) in [6.07, 6.45) is -0.0916. The van der Waals surface area contributed by atoms with Gasteiger partial charge in [-0.2, -0.15) is 0 Å². The smallest absolute Gasteiger partial charge is 0.314 e. The van der Waals surface area contributed by atoms with Crippen molar-refractivity contribution in [2.75, 3.05) is 17.3 Å². The van der Waals surface area contributed by atoms with Crippen molar-refractivity contribution in [1.82, 2.24) is 4.98 Å². The zero-order chi connectivity index (χ0) is 23.5. The fourth-order valence-electron chi connectivity index (χ4n) is 3.58. The van der Waals surface area contributed by atoms with Gasteiger partial charge in [-0.1, -0.05) is 18.2 Å². The maximum Gasteiger partial charge on any atom is 0.314 e. The van der Waals surface area contributed by atoms with Crippen molar-refractivity contribution in [3.63, 3.8) is 0 Å². The molecule has 0 fully saturated rings. The molecule has 2 amide bonds. The van der Waals surface area contributed by atoms with Gasteiger partial charge in [0.1, 0.15) is 18.2 Å². The van der Waals surface area contributed by atoms with Crippen LogP contribution in [0.1, 0.15) is 30.5 Å². The van der Waals surface area contributed by atoms with Crippen molar-refractivity contribution < 1.29 is 28.2 Å². The third kappa shape index (κ3) is 4.70. The summed E-state index contributed by atoms with van der Waals surface area (Å²) >= 11 is 1.22. The number of nitrogens with one attached hydrogen (secondary N) is 1. The molecule has 2 heterocycles. The number of rotatable bonds is 6. The van der Waals surface area contributed by atoms with Crippen LogP contribution < -0.4 is 15.0 Å². The van der Waals surface area contributed by atoms with Gasteiger partial charge in [-0.15, -0.1) is 11.3 Å². The van der Waals surface area contributed by atoms with Crippen molar-refractivity contribution >= 4 is 45.6 Å². The number of ether oxygens (including phenoxy) is 2. The normalized spacial score (nSPS) is 14.8. The van der Waals surface area contributed by atoms with E-state index in [0.29, 0.717) is 27.8 Å². The predicted molar refractivity (Wildman–Crippen MR) is 120 cm³/mol. The predicted octanol–water partition coefficient (Wildman–Crippen LogP) is 4.14. The Morgan fingerprint density at radius 2 is 2.06 bits per heavy atom. The summed E-state index contributed by atoms with van der Waals surface area (Å²) in [5.41, 5.74) is 1.75. The number of carbonyl (C=O) groups excluding carboxylic acids is 3. The number of fused-ring (bicyclic) bond motifs is 1. The molecule has 1 N–H and O–H groups in total. The van der Waals surface area contributed by atoms with E-state index in [-0.39, 0.29) is 30.5 Å². The molecule has 1 aromatic heterocycles. The first kappa shape index (κ1) is 22.4. The molecule has 0 aliphatic carbocycles. The molecule has 1 aliphatic rings. The number of aromatic nitrogens is 1. The summed E-state index contributed by atoms with van der Waals surface area (Å²) in [5.74, 6) is -2.09. The zero-order valence-corrected chi connectivity index (χ0v) is 18.6. The highest BCUT2D eigenvalue weighted by atomic mass is 32.1. The van der Waals surface area contributed by atoms with Crippen LogP contribution in [0.3, 0.4) is 0 Å². The Labute approximate surface area is 193 Å². The molecule has 1 aliphatic heterocycles. The molecule has 1 atom stereocenters. The minimum absolute atomic E-state index is 0.0916. The molecule has 2 aromatic carbocycles. The van der Waals surface area contributed by atoms with Crippen molar-refractivity contribution in [3.05, 3.63) is 64.9 Å². The van der Waals surface area contributed by atoms with Gasteiger partial charge in [0.05, 0.1) is 24.4 Å². The third-order valence-corrected chi connectivity index (χ3v) is 5.95. The van der Waals surface area contributed by atoms with Gasteiger partial charge in [0.15, 0.2) is 5.13 Å². The van der Waals surface area contributed by atoms with E-state index in [1.165, 1.54) is 48.5 Å².